The maximum absolute atomic E-state index is 9.78. The van der Waals surface area contributed by atoms with Crippen molar-refractivity contribution in [1.82, 2.24) is 5.32 Å². The van der Waals surface area contributed by atoms with Gasteiger partial charge in [0, 0.05) is 12.1 Å². The Morgan fingerprint density at radius 1 is 1.50 bits per heavy atom. The SMILES string of the molecule is CNCC(O)c1ccc(C)cc1OC. The van der Waals surface area contributed by atoms with E-state index in [1.54, 1.807) is 7.11 Å². The highest BCUT2D eigenvalue weighted by Gasteiger charge is 2.11. The van der Waals surface area contributed by atoms with Crippen molar-refractivity contribution in [1.29, 1.82) is 0 Å². The molecule has 3 nitrogen and oxygen atoms in total. The third kappa shape index (κ3) is 2.47. The minimum atomic E-state index is -0.518. The summed E-state index contributed by atoms with van der Waals surface area (Å²) in [5.41, 5.74) is 1.95. The quantitative estimate of drug-likeness (QED) is 0.760. The molecule has 0 aliphatic rings. The topological polar surface area (TPSA) is 41.5 Å². The number of aliphatic hydroxyl groups is 1. The van der Waals surface area contributed by atoms with Gasteiger partial charge in [-0.15, -0.1) is 0 Å². The highest BCUT2D eigenvalue weighted by molar-refractivity contribution is 5.38. The molecule has 78 valence electrons. The first-order valence-electron chi connectivity index (χ1n) is 4.66. The molecule has 0 amide bonds. The molecule has 0 saturated carbocycles. The van der Waals surface area contributed by atoms with Gasteiger partial charge in [0.2, 0.25) is 0 Å². The molecule has 1 aromatic carbocycles. The third-order valence-electron chi connectivity index (χ3n) is 2.15. The van der Waals surface area contributed by atoms with Gasteiger partial charge in [-0.2, -0.15) is 0 Å². The van der Waals surface area contributed by atoms with Gasteiger partial charge < -0.3 is 15.2 Å². The number of nitrogens with one attached hydrogen (secondary N) is 1. The van der Waals surface area contributed by atoms with E-state index >= 15 is 0 Å². The Kier molecular flexibility index (Phi) is 3.92. The number of aryl methyl sites for hydroxylation is 1. The first-order valence-corrected chi connectivity index (χ1v) is 4.66. The van der Waals surface area contributed by atoms with E-state index in [4.69, 9.17) is 4.74 Å². The van der Waals surface area contributed by atoms with E-state index in [1.807, 2.05) is 32.2 Å². The van der Waals surface area contributed by atoms with E-state index in [0.29, 0.717) is 6.54 Å². The second-order valence-corrected chi connectivity index (χ2v) is 3.32. The van der Waals surface area contributed by atoms with Crippen LogP contribution in [0, 0.1) is 6.92 Å². The van der Waals surface area contributed by atoms with Crippen LogP contribution in [0.25, 0.3) is 0 Å². The van der Waals surface area contributed by atoms with Crippen LogP contribution in [0.15, 0.2) is 18.2 Å². The number of likely N-dealkylation sites (N-methyl/N-ethyl adjacent to an activating group) is 1. The summed E-state index contributed by atoms with van der Waals surface area (Å²) in [6.07, 6.45) is -0.518. The normalized spacial score (nSPS) is 12.6. The third-order valence-corrected chi connectivity index (χ3v) is 2.15. The van der Waals surface area contributed by atoms with E-state index in [9.17, 15) is 5.11 Å². The molecule has 14 heavy (non-hydrogen) atoms. The largest absolute Gasteiger partial charge is 0.496 e. The Bertz CT molecular complexity index is 299. The molecule has 0 fully saturated rings. The van der Waals surface area contributed by atoms with Crippen molar-refractivity contribution in [2.45, 2.75) is 13.0 Å². The number of hydrogen-bond acceptors (Lipinski definition) is 3. The van der Waals surface area contributed by atoms with Gasteiger partial charge in [0.25, 0.3) is 0 Å². The van der Waals surface area contributed by atoms with Gasteiger partial charge in [-0.05, 0) is 25.6 Å². The molecule has 0 radical (unpaired) electrons. The highest BCUT2D eigenvalue weighted by Crippen LogP contribution is 2.25. The number of aliphatic hydroxyl groups excluding tert-OH is 1. The van der Waals surface area contributed by atoms with Crippen LogP contribution in [-0.4, -0.2) is 25.8 Å². The molecule has 0 saturated heterocycles. The molecule has 0 aliphatic carbocycles. The number of benzene rings is 1. The molecule has 1 unspecified atom stereocenters. The van der Waals surface area contributed by atoms with Crippen LogP contribution >= 0.6 is 0 Å². The zero-order chi connectivity index (χ0) is 10.6. The van der Waals surface area contributed by atoms with Gasteiger partial charge in [0.05, 0.1) is 13.2 Å². The standard InChI is InChI=1S/C11H17NO2/c1-8-4-5-9(10(13)7-12-2)11(6-8)14-3/h4-6,10,12-13H,7H2,1-3H3. The second-order valence-electron chi connectivity index (χ2n) is 3.32. The molecule has 2 N–H and O–H groups in total. The molecule has 0 heterocycles. The van der Waals surface area contributed by atoms with Crippen molar-refractivity contribution in [3.63, 3.8) is 0 Å². The molecular formula is C11H17NO2. The number of ether oxygens (including phenoxy) is 1. The Labute approximate surface area is 84.7 Å². The molecule has 0 bridgehead atoms. The molecule has 1 atom stereocenters. The predicted octanol–water partition coefficient (Wildman–Crippen LogP) is 1.26. The zero-order valence-corrected chi connectivity index (χ0v) is 8.87. The van der Waals surface area contributed by atoms with Crippen molar-refractivity contribution in [3.05, 3.63) is 29.3 Å². The van der Waals surface area contributed by atoms with Crippen LogP contribution in [-0.2, 0) is 0 Å². The lowest BCUT2D eigenvalue weighted by Crippen LogP contribution is -2.17. The Morgan fingerprint density at radius 2 is 2.21 bits per heavy atom. The van der Waals surface area contributed by atoms with E-state index in [0.717, 1.165) is 16.9 Å². The Balaban J connectivity index is 2.95. The summed E-state index contributed by atoms with van der Waals surface area (Å²) in [6, 6.07) is 5.79. The summed E-state index contributed by atoms with van der Waals surface area (Å²) in [5, 5.41) is 12.7. The molecule has 0 spiro atoms. The van der Waals surface area contributed by atoms with Crippen molar-refractivity contribution in [2.24, 2.45) is 0 Å². The number of methoxy groups -OCH3 is 1. The van der Waals surface area contributed by atoms with Gasteiger partial charge in [-0.1, -0.05) is 12.1 Å². The minimum Gasteiger partial charge on any atom is -0.496 e. The van der Waals surface area contributed by atoms with E-state index in [2.05, 4.69) is 5.32 Å². The van der Waals surface area contributed by atoms with Crippen LogP contribution < -0.4 is 10.1 Å². The number of hydrogen-bond donors (Lipinski definition) is 2. The fourth-order valence-electron chi connectivity index (χ4n) is 1.40. The molecule has 0 aromatic heterocycles. The van der Waals surface area contributed by atoms with Crippen molar-refractivity contribution < 1.29 is 9.84 Å². The van der Waals surface area contributed by atoms with Crippen molar-refractivity contribution in [3.8, 4) is 5.75 Å². The highest BCUT2D eigenvalue weighted by atomic mass is 16.5. The predicted molar refractivity (Wildman–Crippen MR) is 56.6 cm³/mol. The summed E-state index contributed by atoms with van der Waals surface area (Å²) in [4.78, 5) is 0. The van der Waals surface area contributed by atoms with E-state index in [-0.39, 0.29) is 0 Å². The fourth-order valence-corrected chi connectivity index (χ4v) is 1.40. The van der Waals surface area contributed by atoms with Crippen LogP contribution in [0.4, 0.5) is 0 Å². The lowest BCUT2D eigenvalue weighted by Gasteiger charge is -2.14. The lowest BCUT2D eigenvalue weighted by molar-refractivity contribution is 0.173. The second kappa shape index (κ2) is 4.98. The summed E-state index contributed by atoms with van der Waals surface area (Å²) in [5.74, 6) is 0.743. The van der Waals surface area contributed by atoms with Crippen LogP contribution in [0.2, 0.25) is 0 Å². The first kappa shape index (κ1) is 11.0. The summed E-state index contributed by atoms with van der Waals surface area (Å²) in [7, 11) is 3.42. The Hall–Kier alpha value is -1.06. The lowest BCUT2D eigenvalue weighted by atomic mass is 10.1. The van der Waals surface area contributed by atoms with Crippen LogP contribution in [0.1, 0.15) is 17.2 Å². The van der Waals surface area contributed by atoms with Gasteiger partial charge in [-0.25, -0.2) is 0 Å². The zero-order valence-electron chi connectivity index (χ0n) is 8.87. The van der Waals surface area contributed by atoms with Gasteiger partial charge >= 0.3 is 0 Å². The van der Waals surface area contributed by atoms with E-state index in [1.165, 1.54) is 0 Å². The first-order chi connectivity index (χ1) is 6.69. The van der Waals surface area contributed by atoms with Gasteiger partial charge in [-0.3, -0.25) is 0 Å². The monoisotopic (exact) mass is 195 g/mol. The maximum atomic E-state index is 9.78. The number of rotatable bonds is 4. The van der Waals surface area contributed by atoms with Crippen molar-refractivity contribution >= 4 is 0 Å². The molecule has 1 rings (SSSR count). The van der Waals surface area contributed by atoms with E-state index < -0.39 is 6.10 Å². The van der Waals surface area contributed by atoms with Gasteiger partial charge in [0.15, 0.2) is 0 Å². The summed E-state index contributed by atoms with van der Waals surface area (Å²) < 4.78 is 5.21. The van der Waals surface area contributed by atoms with Gasteiger partial charge in [0.1, 0.15) is 5.75 Å². The molecule has 0 aliphatic heterocycles. The van der Waals surface area contributed by atoms with Crippen LogP contribution in [0.5, 0.6) is 5.75 Å². The average molecular weight is 195 g/mol. The Morgan fingerprint density at radius 3 is 2.79 bits per heavy atom. The summed E-state index contributed by atoms with van der Waals surface area (Å²) >= 11 is 0. The van der Waals surface area contributed by atoms with Crippen LogP contribution in [0.3, 0.4) is 0 Å². The molecule has 3 heteroatoms. The average Bonchev–Trinajstić information content (AvgIpc) is 2.17. The van der Waals surface area contributed by atoms with Crippen molar-refractivity contribution in [2.75, 3.05) is 20.7 Å². The smallest absolute Gasteiger partial charge is 0.124 e. The minimum absolute atomic E-state index is 0.518. The maximum Gasteiger partial charge on any atom is 0.124 e. The summed E-state index contributed by atoms with van der Waals surface area (Å²) in [6.45, 7) is 2.52. The molecular weight excluding hydrogens is 178 g/mol. The fraction of sp³-hybridized carbons (Fsp3) is 0.455. The molecule has 1 aromatic rings.